The highest BCUT2D eigenvalue weighted by Crippen LogP contribution is 2.18. The molecule has 1 aliphatic carbocycles. The van der Waals surface area contributed by atoms with Crippen LogP contribution in [0.2, 0.25) is 0 Å². The number of carbonyl (C=O) groups excluding carboxylic acids is 3. The minimum atomic E-state index is -0.619. The molecule has 1 aliphatic rings. The molecule has 1 amide bonds. The fourth-order valence-electron chi connectivity index (χ4n) is 2.96. The quantitative estimate of drug-likeness (QED) is 0.583. The number of hydrogen-bond acceptors (Lipinski definition) is 4. The number of ketones is 1. The first-order valence-corrected chi connectivity index (χ1v) is 9.49. The molecule has 0 saturated carbocycles. The van der Waals surface area contributed by atoms with Gasteiger partial charge in [0.2, 0.25) is 0 Å². The lowest BCUT2D eigenvalue weighted by atomic mass is 9.97. The molecule has 1 N–H and O–H groups in total. The van der Waals surface area contributed by atoms with E-state index < -0.39 is 5.97 Å². The summed E-state index contributed by atoms with van der Waals surface area (Å²) in [6, 6.07) is 13.5. The summed E-state index contributed by atoms with van der Waals surface area (Å²) in [5.74, 6) is -0.805. The number of ether oxygens (including phenoxy) is 1. The Hall–Kier alpha value is -3.47. The molecule has 2 aromatic carbocycles. The SMILES string of the molecule is Cc1ccc(C(=O)COC(=O)c2cccc(NC(=O)C3=CC(C)CC=C3)c2)cc1. The van der Waals surface area contributed by atoms with E-state index in [0.717, 1.165) is 12.0 Å². The first-order valence-electron chi connectivity index (χ1n) is 9.49. The molecule has 0 radical (unpaired) electrons. The van der Waals surface area contributed by atoms with Gasteiger partial charge in [-0.25, -0.2) is 4.79 Å². The average Bonchev–Trinajstić information content (AvgIpc) is 2.72. The molecule has 5 heteroatoms. The average molecular weight is 389 g/mol. The summed E-state index contributed by atoms with van der Waals surface area (Å²) in [6.07, 6.45) is 6.60. The van der Waals surface area contributed by atoms with E-state index >= 15 is 0 Å². The van der Waals surface area contributed by atoms with Crippen LogP contribution in [0.3, 0.4) is 0 Å². The van der Waals surface area contributed by atoms with E-state index in [9.17, 15) is 14.4 Å². The van der Waals surface area contributed by atoms with Crippen molar-refractivity contribution < 1.29 is 19.1 Å². The molecule has 0 aliphatic heterocycles. The van der Waals surface area contributed by atoms with Crippen LogP contribution in [0, 0.1) is 12.8 Å². The molecule has 0 fully saturated rings. The molecule has 0 aromatic heterocycles. The number of allylic oxidation sites excluding steroid dienone is 2. The first kappa shape index (κ1) is 20.3. The second-order valence-corrected chi connectivity index (χ2v) is 7.14. The molecular weight excluding hydrogens is 366 g/mol. The molecule has 2 aromatic rings. The van der Waals surface area contributed by atoms with Crippen LogP contribution in [-0.2, 0) is 9.53 Å². The molecule has 3 rings (SSSR count). The number of benzene rings is 2. The van der Waals surface area contributed by atoms with Gasteiger partial charge in [0.05, 0.1) is 5.56 Å². The van der Waals surface area contributed by atoms with Gasteiger partial charge in [0.25, 0.3) is 5.91 Å². The van der Waals surface area contributed by atoms with Crippen LogP contribution in [-0.4, -0.2) is 24.3 Å². The molecule has 0 saturated heterocycles. The number of carbonyl (C=O) groups is 3. The zero-order valence-corrected chi connectivity index (χ0v) is 16.5. The van der Waals surface area contributed by atoms with E-state index in [4.69, 9.17) is 4.74 Å². The smallest absolute Gasteiger partial charge is 0.338 e. The van der Waals surface area contributed by atoms with Crippen molar-refractivity contribution in [3.8, 4) is 0 Å². The highest BCUT2D eigenvalue weighted by atomic mass is 16.5. The molecular formula is C24H23NO4. The Morgan fingerprint density at radius 2 is 1.83 bits per heavy atom. The molecule has 0 spiro atoms. The monoisotopic (exact) mass is 389 g/mol. The third-order valence-corrected chi connectivity index (χ3v) is 4.60. The normalized spacial score (nSPS) is 15.4. The number of Topliss-reactive ketones (excluding diaryl/α,β-unsaturated/α-hetero) is 1. The first-order chi connectivity index (χ1) is 13.9. The highest BCUT2D eigenvalue weighted by molar-refractivity contribution is 6.06. The van der Waals surface area contributed by atoms with Gasteiger partial charge in [0, 0.05) is 16.8 Å². The predicted molar refractivity (Wildman–Crippen MR) is 112 cm³/mol. The standard InChI is InChI=1S/C24H23NO4/c1-16-9-11-18(12-10-16)22(26)15-29-24(28)20-7-4-8-21(14-20)25-23(27)19-6-3-5-17(2)13-19/h3-4,6-14,17H,5,15H2,1-2H3,(H,25,27). The summed E-state index contributed by atoms with van der Waals surface area (Å²) in [5, 5.41) is 2.79. The fourth-order valence-corrected chi connectivity index (χ4v) is 2.96. The van der Waals surface area contributed by atoms with Gasteiger partial charge in [-0.15, -0.1) is 0 Å². The van der Waals surface area contributed by atoms with Crippen LogP contribution in [0.5, 0.6) is 0 Å². The van der Waals surface area contributed by atoms with Gasteiger partial charge in [0.1, 0.15) is 0 Å². The van der Waals surface area contributed by atoms with Gasteiger partial charge < -0.3 is 10.1 Å². The Kier molecular flexibility index (Phi) is 6.39. The maximum absolute atomic E-state index is 12.4. The summed E-state index contributed by atoms with van der Waals surface area (Å²) in [5.41, 5.74) is 2.89. The van der Waals surface area contributed by atoms with Gasteiger partial charge in [-0.3, -0.25) is 9.59 Å². The summed E-state index contributed by atoms with van der Waals surface area (Å²) in [4.78, 5) is 36.9. The highest BCUT2D eigenvalue weighted by Gasteiger charge is 2.15. The number of aryl methyl sites for hydroxylation is 1. The molecule has 1 unspecified atom stereocenters. The van der Waals surface area contributed by atoms with Crippen molar-refractivity contribution >= 4 is 23.3 Å². The zero-order valence-electron chi connectivity index (χ0n) is 16.5. The Balaban J connectivity index is 1.60. The van der Waals surface area contributed by atoms with Crippen molar-refractivity contribution in [1.82, 2.24) is 0 Å². The maximum Gasteiger partial charge on any atom is 0.338 e. The second kappa shape index (κ2) is 9.15. The molecule has 0 bridgehead atoms. The minimum absolute atomic E-state index is 0.229. The van der Waals surface area contributed by atoms with Crippen molar-refractivity contribution in [2.75, 3.05) is 11.9 Å². The summed E-state index contributed by atoms with van der Waals surface area (Å²) >= 11 is 0. The van der Waals surface area contributed by atoms with Gasteiger partial charge in [-0.1, -0.05) is 61.0 Å². The summed E-state index contributed by atoms with van der Waals surface area (Å²) in [6.45, 7) is 3.64. The lowest BCUT2D eigenvalue weighted by Gasteiger charge is -2.13. The van der Waals surface area contributed by atoms with E-state index in [0.29, 0.717) is 22.7 Å². The van der Waals surface area contributed by atoms with Gasteiger partial charge in [0.15, 0.2) is 12.4 Å². The Labute approximate surface area is 170 Å². The van der Waals surface area contributed by atoms with E-state index in [-0.39, 0.29) is 23.9 Å². The number of esters is 1. The van der Waals surface area contributed by atoms with Crippen LogP contribution < -0.4 is 5.32 Å². The van der Waals surface area contributed by atoms with Gasteiger partial charge in [-0.05, 0) is 37.5 Å². The van der Waals surface area contributed by atoms with Crippen molar-refractivity contribution in [3.63, 3.8) is 0 Å². The summed E-state index contributed by atoms with van der Waals surface area (Å²) < 4.78 is 5.14. The van der Waals surface area contributed by atoms with Crippen molar-refractivity contribution in [2.24, 2.45) is 5.92 Å². The lowest BCUT2D eigenvalue weighted by Crippen LogP contribution is -2.17. The van der Waals surface area contributed by atoms with Crippen LogP contribution >= 0.6 is 0 Å². The van der Waals surface area contributed by atoms with E-state index in [1.807, 2.05) is 38.1 Å². The lowest BCUT2D eigenvalue weighted by molar-refractivity contribution is -0.112. The molecule has 29 heavy (non-hydrogen) atoms. The topological polar surface area (TPSA) is 72.5 Å². The third kappa shape index (κ3) is 5.51. The summed E-state index contributed by atoms with van der Waals surface area (Å²) in [7, 11) is 0. The Bertz CT molecular complexity index is 986. The van der Waals surface area contributed by atoms with E-state index in [1.54, 1.807) is 36.4 Å². The Morgan fingerprint density at radius 1 is 1.07 bits per heavy atom. The van der Waals surface area contributed by atoms with Crippen LogP contribution in [0.15, 0.2) is 72.3 Å². The number of amides is 1. The van der Waals surface area contributed by atoms with E-state index in [2.05, 4.69) is 5.32 Å². The molecule has 5 nitrogen and oxygen atoms in total. The van der Waals surface area contributed by atoms with Crippen molar-refractivity contribution in [2.45, 2.75) is 20.3 Å². The number of hydrogen-bond donors (Lipinski definition) is 1. The van der Waals surface area contributed by atoms with Crippen LogP contribution in [0.25, 0.3) is 0 Å². The largest absolute Gasteiger partial charge is 0.454 e. The van der Waals surface area contributed by atoms with E-state index in [1.165, 1.54) is 6.07 Å². The molecule has 1 atom stereocenters. The third-order valence-electron chi connectivity index (χ3n) is 4.60. The van der Waals surface area contributed by atoms with Crippen molar-refractivity contribution in [3.05, 3.63) is 89.0 Å². The van der Waals surface area contributed by atoms with Crippen molar-refractivity contribution in [1.29, 1.82) is 0 Å². The second-order valence-electron chi connectivity index (χ2n) is 7.14. The zero-order chi connectivity index (χ0) is 20.8. The fraction of sp³-hybridized carbons (Fsp3) is 0.208. The number of anilines is 1. The molecule has 148 valence electrons. The predicted octanol–water partition coefficient (Wildman–Crippen LogP) is 4.50. The molecule has 0 heterocycles. The van der Waals surface area contributed by atoms with Crippen LogP contribution in [0.4, 0.5) is 5.69 Å². The Morgan fingerprint density at radius 3 is 2.55 bits per heavy atom. The number of nitrogens with one attached hydrogen (secondary N) is 1. The van der Waals surface area contributed by atoms with Gasteiger partial charge >= 0.3 is 5.97 Å². The maximum atomic E-state index is 12.4. The van der Waals surface area contributed by atoms with Gasteiger partial charge in [-0.2, -0.15) is 0 Å². The minimum Gasteiger partial charge on any atom is -0.454 e. The number of rotatable bonds is 6. The van der Waals surface area contributed by atoms with Crippen LogP contribution in [0.1, 0.15) is 39.6 Å².